The van der Waals surface area contributed by atoms with Crippen LogP contribution in [0.1, 0.15) is 44.4 Å². The van der Waals surface area contributed by atoms with E-state index < -0.39 is 0 Å². The van der Waals surface area contributed by atoms with E-state index in [-0.39, 0.29) is 5.56 Å². The van der Waals surface area contributed by atoms with Gasteiger partial charge in [0.2, 0.25) is 0 Å². The van der Waals surface area contributed by atoms with Crippen molar-refractivity contribution in [3.05, 3.63) is 33.7 Å². The number of hydrogen-bond acceptors (Lipinski definition) is 2. The van der Waals surface area contributed by atoms with Crippen LogP contribution in [0.5, 0.6) is 0 Å². The number of pyridine rings is 1. The number of hydrogen-bond donors (Lipinski definition) is 1. The third-order valence-corrected chi connectivity index (χ3v) is 4.00. The van der Waals surface area contributed by atoms with Gasteiger partial charge in [-0.1, -0.05) is 19.9 Å². The largest absolute Gasteiger partial charge is 0.312 e. The van der Waals surface area contributed by atoms with E-state index in [1.807, 2.05) is 10.6 Å². The van der Waals surface area contributed by atoms with Gasteiger partial charge in [-0.2, -0.15) is 0 Å². The molecule has 0 unspecified atom stereocenters. The summed E-state index contributed by atoms with van der Waals surface area (Å²) in [7, 11) is 0. The third-order valence-electron chi connectivity index (χ3n) is 4.00. The van der Waals surface area contributed by atoms with Crippen molar-refractivity contribution < 1.29 is 0 Å². The van der Waals surface area contributed by atoms with Crippen molar-refractivity contribution in [1.29, 1.82) is 0 Å². The van der Waals surface area contributed by atoms with E-state index in [0.717, 1.165) is 38.8 Å². The van der Waals surface area contributed by atoms with Crippen LogP contribution in [0.15, 0.2) is 16.9 Å². The second-order valence-corrected chi connectivity index (χ2v) is 5.12. The van der Waals surface area contributed by atoms with Crippen molar-refractivity contribution in [2.45, 2.75) is 58.5 Å². The number of rotatable bonds is 6. The Morgan fingerprint density at radius 2 is 2.06 bits per heavy atom. The van der Waals surface area contributed by atoms with E-state index in [9.17, 15) is 4.79 Å². The monoisotopic (exact) mass is 248 g/mol. The van der Waals surface area contributed by atoms with E-state index in [1.165, 1.54) is 17.7 Å². The fraction of sp³-hybridized carbons (Fsp3) is 0.667. The zero-order valence-electron chi connectivity index (χ0n) is 11.5. The van der Waals surface area contributed by atoms with Gasteiger partial charge in [-0.25, -0.2) is 0 Å². The first-order chi connectivity index (χ1) is 8.76. The summed E-state index contributed by atoms with van der Waals surface area (Å²) in [6, 6.07) is 4.31. The molecule has 0 saturated heterocycles. The van der Waals surface area contributed by atoms with Crippen molar-refractivity contribution in [3.63, 3.8) is 0 Å². The number of fused-ring (bicyclic) bond motifs is 1. The Morgan fingerprint density at radius 3 is 2.78 bits per heavy atom. The van der Waals surface area contributed by atoms with Crippen LogP contribution in [0.3, 0.4) is 0 Å². The SMILES string of the molecule is CCC(CC)NCCn1c2c(ccc1=O)CCC2. The van der Waals surface area contributed by atoms with Gasteiger partial charge in [-0.05, 0) is 37.7 Å². The quantitative estimate of drug-likeness (QED) is 0.836. The van der Waals surface area contributed by atoms with Crippen molar-refractivity contribution >= 4 is 0 Å². The molecule has 0 aliphatic heterocycles. The maximum absolute atomic E-state index is 11.9. The molecule has 18 heavy (non-hydrogen) atoms. The number of nitrogens with one attached hydrogen (secondary N) is 1. The molecule has 0 radical (unpaired) electrons. The van der Waals surface area contributed by atoms with Gasteiger partial charge in [-0.15, -0.1) is 0 Å². The van der Waals surface area contributed by atoms with Gasteiger partial charge in [0.05, 0.1) is 0 Å². The van der Waals surface area contributed by atoms with Crippen molar-refractivity contribution in [1.82, 2.24) is 9.88 Å². The second-order valence-electron chi connectivity index (χ2n) is 5.12. The topological polar surface area (TPSA) is 34.0 Å². The molecule has 1 aliphatic rings. The molecule has 1 aromatic heterocycles. The Kier molecular flexibility index (Phi) is 4.59. The lowest BCUT2D eigenvalue weighted by Gasteiger charge is -2.17. The highest BCUT2D eigenvalue weighted by Gasteiger charge is 2.15. The van der Waals surface area contributed by atoms with Crippen LogP contribution in [0.2, 0.25) is 0 Å². The van der Waals surface area contributed by atoms with Gasteiger partial charge in [-0.3, -0.25) is 4.79 Å². The molecule has 0 spiro atoms. The smallest absolute Gasteiger partial charge is 0.250 e. The molecule has 0 amide bonds. The molecule has 1 aromatic rings. The third kappa shape index (κ3) is 2.83. The van der Waals surface area contributed by atoms with Crippen LogP contribution in [0, 0.1) is 0 Å². The van der Waals surface area contributed by atoms with Crippen LogP contribution < -0.4 is 10.9 Å². The molecule has 1 aliphatic carbocycles. The Bertz CT molecular complexity index is 446. The molecule has 3 nitrogen and oxygen atoms in total. The van der Waals surface area contributed by atoms with Gasteiger partial charge in [0.1, 0.15) is 0 Å². The average Bonchev–Trinajstić information content (AvgIpc) is 2.85. The van der Waals surface area contributed by atoms with Crippen LogP contribution in [-0.2, 0) is 19.4 Å². The standard InChI is InChI=1S/C15H24N2O/c1-3-13(4-2)16-10-11-17-14-7-5-6-12(14)8-9-15(17)18/h8-9,13,16H,3-7,10-11H2,1-2H3. The first kappa shape index (κ1) is 13.3. The predicted octanol–water partition coefficient (Wildman–Crippen LogP) is 2.12. The number of aryl methyl sites for hydroxylation is 1. The summed E-state index contributed by atoms with van der Waals surface area (Å²) in [5, 5.41) is 3.53. The molecule has 100 valence electrons. The number of aromatic nitrogens is 1. The summed E-state index contributed by atoms with van der Waals surface area (Å²) in [5.41, 5.74) is 2.80. The van der Waals surface area contributed by atoms with E-state index >= 15 is 0 Å². The van der Waals surface area contributed by atoms with Gasteiger partial charge >= 0.3 is 0 Å². The lowest BCUT2D eigenvalue weighted by atomic mass is 10.2. The summed E-state index contributed by atoms with van der Waals surface area (Å²) in [5.74, 6) is 0. The molecule has 1 N–H and O–H groups in total. The van der Waals surface area contributed by atoms with Crippen LogP contribution in [0.4, 0.5) is 0 Å². The first-order valence-corrected chi connectivity index (χ1v) is 7.21. The number of nitrogens with zero attached hydrogens (tertiary/aromatic N) is 1. The Labute approximate surface area is 109 Å². The predicted molar refractivity (Wildman–Crippen MR) is 75.1 cm³/mol. The van der Waals surface area contributed by atoms with E-state index in [4.69, 9.17) is 0 Å². The molecule has 0 fully saturated rings. The van der Waals surface area contributed by atoms with Gasteiger partial charge in [0.15, 0.2) is 0 Å². The van der Waals surface area contributed by atoms with Crippen LogP contribution >= 0.6 is 0 Å². The lowest BCUT2D eigenvalue weighted by Crippen LogP contribution is -2.34. The van der Waals surface area contributed by atoms with E-state index in [1.54, 1.807) is 6.07 Å². The fourth-order valence-electron chi connectivity index (χ4n) is 2.84. The van der Waals surface area contributed by atoms with Gasteiger partial charge in [0, 0.05) is 30.9 Å². The Balaban J connectivity index is 2.02. The van der Waals surface area contributed by atoms with Gasteiger partial charge < -0.3 is 9.88 Å². The molecule has 1 heterocycles. The molecule has 0 saturated carbocycles. The maximum Gasteiger partial charge on any atom is 0.250 e. The minimum absolute atomic E-state index is 0.155. The maximum atomic E-state index is 11.9. The average molecular weight is 248 g/mol. The molecule has 0 atom stereocenters. The first-order valence-electron chi connectivity index (χ1n) is 7.21. The van der Waals surface area contributed by atoms with Crippen molar-refractivity contribution in [3.8, 4) is 0 Å². The fourth-order valence-corrected chi connectivity index (χ4v) is 2.84. The molecule has 0 bridgehead atoms. The zero-order chi connectivity index (χ0) is 13.0. The lowest BCUT2D eigenvalue weighted by molar-refractivity contribution is 0.459. The Morgan fingerprint density at radius 1 is 1.28 bits per heavy atom. The molecular formula is C15H24N2O. The molecular weight excluding hydrogens is 224 g/mol. The molecule has 2 rings (SSSR count). The summed E-state index contributed by atoms with van der Waals surface area (Å²) >= 11 is 0. The van der Waals surface area contributed by atoms with Gasteiger partial charge in [0.25, 0.3) is 5.56 Å². The highest BCUT2D eigenvalue weighted by atomic mass is 16.1. The summed E-state index contributed by atoms with van der Waals surface area (Å²) in [4.78, 5) is 11.9. The van der Waals surface area contributed by atoms with Crippen LogP contribution in [0.25, 0.3) is 0 Å². The van der Waals surface area contributed by atoms with E-state index in [2.05, 4.69) is 19.2 Å². The minimum Gasteiger partial charge on any atom is -0.312 e. The van der Waals surface area contributed by atoms with E-state index in [0.29, 0.717) is 6.04 Å². The minimum atomic E-state index is 0.155. The normalized spacial score (nSPS) is 14.2. The summed E-state index contributed by atoms with van der Waals surface area (Å²) in [6.45, 7) is 6.10. The highest BCUT2D eigenvalue weighted by molar-refractivity contribution is 5.25. The van der Waals surface area contributed by atoms with Crippen molar-refractivity contribution in [2.24, 2.45) is 0 Å². The highest BCUT2D eigenvalue weighted by Crippen LogP contribution is 2.19. The van der Waals surface area contributed by atoms with Crippen molar-refractivity contribution in [2.75, 3.05) is 6.54 Å². The second kappa shape index (κ2) is 6.19. The molecule has 0 aromatic carbocycles. The zero-order valence-corrected chi connectivity index (χ0v) is 11.5. The molecule has 3 heteroatoms. The summed E-state index contributed by atoms with van der Waals surface area (Å²) in [6.07, 6.45) is 5.70. The summed E-state index contributed by atoms with van der Waals surface area (Å²) < 4.78 is 1.97. The van der Waals surface area contributed by atoms with Crippen LogP contribution in [-0.4, -0.2) is 17.2 Å². The Hall–Kier alpha value is -1.09.